The van der Waals surface area contributed by atoms with Gasteiger partial charge in [-0.2, -0.15) is 0 Å². The number of ether oxygens (including phenoxy) is 5. The number of nitrogens with one attached hydrogen (secondary N) is 1. The molecule has 4 N–H and O–H groups in total. The van der Waals surface area contributed by atoms with Crippen LogP contribution in [0.4, 0.5) is 0 Å². The van der Waals surface area contributed by atoms with E-state index in [-0.39, 0.29) is 6.61 Å². The first-order chi connectivity index (χ1) is 13.3. The van der Waals surface area contributed by atoms with Gasteiger partial charge >= 0.3 is 0 Å². The first-order valence-electron chi connectivity index (χ1n) is 9.98. The minimum absolute atomic E-state index is 0.150. The van der Waals surface area contributed by atoms with E-state index < -0.39 is 0 Å². The van der Waals surface area contributed by atoms with E-state index in [1.165, 1.54) is 0 Å². The van der Waals surface area contributed by atoms with Gasteiger partial charge in [0, 0.05) is 25.0 Å². The lowest BCUT2D eigenvalue weighted by molar-refractivity contribution is -0.00985. The Kier molecular flexibility index (Phi) is 37.4. The van der Waals surface area contributed by atoms with Crippen molar-refractivity contribution < 1.29 is 28.8 Å². The highest BCUT2D eigenvalue weighted by Crippen LogP contribution is 1.84. The van der Waals surface area contributed by atoms with Gasteiger partial charge in [-0.3, -0.25) is 0 Å². The summed E-state index contributed by atoms with van der Waals surface area (Å²) in [7, 11) is 0. The maximum absolute atomic E-state index is 8.67. The van der Waals surface area contributed by atoms with Gasteiger partial charge in [0.15, 0.2) is 0 Å². The zero-order valence-corrected chi connectivity index (χ0v) is 18.1. The second-order valence-electron chi connectivity index (χ2n) is 4.48. The highest BCUT2D eigenvalue weighted by Gasteiger charge is 1.93. The van der Waals surface area contributed by atoms with Crippen LogP contribution in [-0.4, -0.2) is 84.3 Å². The summed E-state index contributed by atoms with van der Waals surface area (Å²) in [4.78, 5) is 0. The van der Waals surface area contributed by atoms with Crippen molar-refractivity contribution in [1.29, 1.82) is 0 Å². The lowest BCUT2D eigenvalue weighted by Gasteiger charge is -2.08. The molecule has 0 spiro atoms. The number of aliphatic hydroxyl groups is 1. The summed E-state index contributed by atoms with van der Waals surface area (Å²) in [5.41, 5.74) is 5.80. The quantitative estimate of drug-likeness (QED) is 0.300. The van der Waals surface area contributed by atoms with Gasteiger partial charge in [-0.15, -0.1) is 0 Å². The van der Waals surface area contributed by atoms with Crippen LogP contribution in [0, 0.1) is 0 Å². The molecule has 0 amide bonds. The summed E-state index contributed by atoms with van der Waals surface area (Å²) in [6.45, 7) is 16.2. The molecule has 0 radical (unpaired) electrons. The lowest BCUT2D eigenvalue weighted by Crippen LogP contribution is -2.18. The van der Waals surface area contributed by atoms with Gasteiger partial charge < -0.3 is 39.8 Å². The van der Waals surface area contributed by atoms with Crippen molar-refractivity contribution in [3.63, 3.8) is 0 Å². The maximum atomic E-state index is 8.67. The van der Waals surface area contributed by atoms with Crippen LogP contribution in [0.5, 0.6) is 0 Å². The SMILES string of the molecule is CC.CC.CCOCCOCCOCCOCCOCCN/C=C(\N)CO. The Balaban J connectivity index is -0.00000134. The Morgan fingerprint density at radius 3 is 1.48 bits per heavy atom. The number of rotatable bonds is 18. The zero-order chi connectivity index (χ0) is 21.0. The minimum Gasteiger partial charge on any atom is -0.399 e. The van der Waals surface area contributed by atoms with Crippen molar-refractivity contribution in [2.75, 3.05) is 79.2 Å². The van der Waals surface area contributed by atoms with Crippen molar-refractivity contribution in [2.45, 2.75) is 34.6 Å². The van der Waals surface area contributed by atoms with Gasteiger partial charge in [-0.25, -0.2) is 0 Å². The van der Waals surface area contributed by atoms with E-state index in [9.17, 15) is 0 Å². The summed E-state index contributed by atoms with van der Waals surface area (Å²) in [6.07, 6.45) is 1.57. The highest BCUT2D eigenvalue weighted by molar-refractivity contribution is 4.93. The van der Waals surface area contributed by atoms with E-state index in [1.807, 2.05) is 34.6 Å². The van der Waals surface area contributed by atoms with E-state index in [0.717, 1.165) is 0 Å². The van der Waals surface area contributed by atoms with Crippen molar-refractivity contribution in [2.24, 2.45) is 5.73 Å². The Morgan fingerprint density at radius 2 is 1.11 bits per heavy atom. The molecule has 0 aliphatic rings. The molecule has 0 saturated heterocycles. The minimum atomic E-state index is -0.150. The van der Waals surface area contributed by atoms with Crippen LogP contribution >= 0.6 is 0 Å². The molecule has 27 heavy (non-hydrogen) atoms. The Labute approximate surface area is 166 Å². The molecule has 0 aromatic heterocycles. The van der Waals surface area contributed by atoms with Gasteiger partial charge in [0.1, 0.15) is 0 Å². The highest BCUT2D eigenvalue weighted by atomic mass is 16.6. The molecular formula is C19H44N2O6. The summed E-state index contributed by atoms with van der Waals surface area (Å²) in [5.74, 6) is 0. The molecule has 0 aromatic rings. The molecule has 0 aliphatic carbocycles. The third-order valence-corrected chi connectivity index (χ3v) is 2.55. The van der Waals surface area contributed by atoms with E-state index in [1.54, 1.807) is 6.20 Å². The Hall–Kier alpha value is -0.900. The van der Waals surface area contributed by atoms with E-state index in [2.05, 4.69) is 5.32 Å². The first kappa shape index (κ1) is 30.8. The van der Waals surface area contributed by atoms with Gasteiger partial charge in [-0.1, -0.05) is 27.7 Å². The van der Waals surface area contributed by atoms with Gasteiger partial charge in [0.25, 0.3) is 0 Å². The fourth-order valence-corrected chi connectivity index (χ4v) is 1.40. The van der Waals surface area contributed by atoms with Crippen molar-refractivity contribution >= 4 is 0 Å². The molecule has 0 heterocycles. The third kappa shape index (κ3) is 33.2. The molecule has 0 unspecified atom stereocenters. The fourth-order valence-electron chi connectivity index (χ4n) is 1.40. The summed E-state index contributed by atoms with van der Waals surface area (Å²) in [5, 5.41) is 11.6. The van der Waals surface area contributed by atoms with Crippen LogP contribution in [0.2, 0.25) is 0 Å². The normalized spacial score (nSPS) is 10.5. The van der Waals surface area contributed by atoms with Gasteiger partial charge in [0.05, 0.1) is 66.1 Å². The van der Waals surface area contributed by atoms with E-state index >= 15 is 0 Å². The predicted molar refractivity (Wildman–Crippen MR) is 110 cm³/mol. The fraction of sp³-hybridized carbons (Fsp3) is 0.895. The van der Waals surface area contributed by atoms with Crippen LogP contribution < -0.4 is 11.1 Å². The van der Waals surface area contributed by atoms with Crippen LogP contribution in [0.25, 0.3) is 0 Å². The van der Waals surface area contributed by atoms with Gasteiger partial charge in [0.2, 0.25) is 0 Å². The molecular weight excluding hydrogens is 352 g/mol. The van der Waals surface area contributed by atoms with Crippen LogP contribution in [-0.2, 0) is 23.7 Å². The largest absolute Gasteiger partial charge is 0.399 e. The molecule has 8 heteroatoms. The van der Waals surface area contributed by atoms with E-state index in [0.29, 0.717) is 78.3 Å². The van der Waals surface area contributed by atoms with Crippen LogP contribution in [0.3, 0.4) is 0 Å². The Morgan fingerprint density at radius 1 is 0.741 bits per heavy atom. The maximum Gasteiger partial charge on any atom is 0.0840 e. The summed E-state index contributed by atoms with van der Waals surface area (Å²) in [6, 6.07) is 0. The van der Waals surface area contributed by atoms with Crippen LogP contribution in [0.1, 0.15) is 34.6 Å². The molecule has 0 fully saturated rings. The molecule has 0 aromatic carbocycles. The molecule has 0 rings (SSSR count). The second-order valence-corrected chi connectivity index (χ2v) is 4.48. The number of hydrogen-bond donors (Lipinski definition) is 3. The average molecular weight is 397 g/mol. The molecule has 0 aliphatic heterocycles. The van der Waals surface area contributed by atoms with Crippen molar-refractivity contribution in [1.82, 2.24) is 5.32 Å². The van der Waals surface area contributed by atoms with E-state index in [4.69, 9.17) is 34.5 Å². The molecule has 166 valence electrons. The zero-order valence-electron chi connectivity index (χ0n) is 18.1. The van der Waals surface area contributed by atoms with Gasteiger partial charge in [-0.05, 0) is 6.92 Å². The third-order valence-electron chi connectivity index (χ3n) is 2.55. The van der Waals surface area contributed by atoms with Crippen molar-refractivity contribution in [3.05, 3.63) is 11.9 Å². The number of nitrogens with two attached hydrogens (primary N) is 1. The lowest BCUT2D eigenvalue weighted by atomic mass is 10.5. The predicted octanol–water partition coefficient (Wildman–Crippen LogP) is 1.52. The summed E-state index contributed by atoms with van der Waals surface area (Å²) >= 11 is 0. The first-order valence-corrected chi connectivity index (χ1v) is 9.98. The summed E-state index contributed by atoms with van der Waals surface area (Å²) < 4.78 is 26.5. The standard InChI is InChI=1S/C15H32N2O6.2C2H6/c1-2-19-5-6-21-9-10-23-12-11-22-8-7-20-4-3-17-13-15(16)14-18;2*1-2/h13,17-18H,2-12,14,16H2,1H3;2*1-2H3/b15-13-;;. The molecule has 0 atom stereocenters. The molecule has 8 nitrogen and oxygen atoms in total. The van der Waals surface area contributed by atoms with Crippen LogP contribution in [0.15, 0.2) is 11.9 Å². The monoisotopic (exact) mass is 396 g/mol. The molecule has 0 saturated carbocycles. The number of aliphatic hydroxyl groups excluding tert-OH is 1. The smallest absolute Gasteiger partial charge is 0.0840 e. The number of hydrogen-bond acceptors (Lipinski definition) is 8. The average Bonchev–Trinajstić information content (AvgIpc) is 2.73. The topological polar surface area (TPSA) is 104 Å². The van der Waals surface area contributed by atoms with Crippen molar-refractivity contribution in [3.8, 4) is 0 Å². The Bertz CT molecular complexity index is 269. The second kappa shape index (κ2) is 32.7. The molecule has 0 bridgehead atoms.